The maximum absolute atomic E-state index is 13.2. The summed E-state index contributed by atoms with van der Waals surface area (Å²) in [6.45, 7) is 1.21. The predicted molar refractivity (Wildman–Crippen MR) is 124 cm³/mol. The molecule has 3 aromatic heterocycles. The molecule has 1 aromatic carbocycles. The van der Waals surface area contributed by atoms with Crippen LogP contribution in [0.15, 0.2) is 73.4 Å². The lowest BCUT2D eigenvalue weighted by Crippen LogP contribution is -2.39. The number of hydrogen-bond acceptors (Lipinski definition) is 7. The molecule has 0 saturated carbocycles. The highest BCUT2D eigenvalue weighted by atomic mass is 16.5. The number of ether oxygens (including phenoxy) is 2. The van der Waals surface area contributed by atoms with Crippen molar-refractivity contribution in [1.82, 2.24) is 29.6 Å². The van der Waals surface area contributed by atoms with Gasteiger partial charge in [0.15, 0.2) is 17.3 Å². The van der Waals surface area contributed by atoms with Gasteiger partial charge in [-0.1, -0.05) is 12.1 Å². The maximum atomic E-state index is 13.2. The number of methoxy groups -OCH3 is 1. The Balaban J connectivity index is 1.33. The number of nitrogens with zero attached hydrogens (tertiary/aromatic N) is 6. The summed E-state index contributed by atoms with van der Waals surface area (Å²) in [6.07, 6.45) is 10.1. The number of carbonyl (C=O) groups excluding carboxylic acids is 1. The minimum Gasteiger partial charge on any atom is -0.493 e. The average Bonchev–Trinajstić information content (AvgIpc) is 3.44. The minimum absolute atomic E-state index is 0.00686. The molecule has 1 aliphatic rings. The van der Waals surface area contributed by atoms with Crippen LogP contribution in [0.5, 0.6) is 17.4 Å². The fourth-order valence-electron chi connectivity index (χ4n) is 4.12. The topological polar surface area (TPSA) is 95.3 Å². The van der Waals surface area contributed by atoms with Crippen LogP contribution in [-0.4, -0.2) is 55.7 Å². The van der Waals surface area contributed by atoms with Crippen LogP contribution in [0, 0.1) is 0 Å². The average molecular weight is 457 g/mol. The predicted octanol–water partition coefficient (Wildman–Crippen LogP) is 3.88. The molecule has 1 unspecified atom stereocenters. The Kier molecular flexibility index (Phi) is 6.15. The Bertz CT molecular complexity index is 1260. The molecule has 0 radical (unpaired) electrons. The molecule has 34 heavy (non-hydrogen) atoms. The van der Waals surface area contributed by atoms with Crippen molar-refractivity contribution >= 4 is 5.91 Å². The number of amides is 1. The van der Waals surface area contributed by atoms with Gasteiger partial charge in [0.2, 0.25) is 5.88 Å². The molecule has 0 aliphatic carbocycles. The molecular formula is C25H24N6O3. The lowest BCUT2D eigenvalue weighted by molar-refractivity contribution is 0.0704. The van der Waals surface area contributed by atoms with Crippen LogP contribution in [0.2, 0.25) is 0 Å². The van der Waals surface area contributed by atoms with E-state index in [1.165, 1.54) is 0 Å². The first-order chi connectivity index (χ1) is 16.7. The van der Waals surface area contributed by atoms with Crippen molar-refractivity contribution in [2.75, 3.05) is 20.2 Å². The van der Waals surface area contributed by atoms with Crippen molar-refractivity contribution in [2.45, 2.75) is 18.8 Å². The maximum Gasteiger partial charge on any atom is 0.255 e. The van der Waals surface area contributed by atoms with E-state index in [4.69, 9.17) is 9.47 Å². The normalized spacial score (nSPS) is 15.7. The molecular weight excluding hydrogens is 432 g/mol. The third-order valence-electron chi connectivity index (χ3n) is 5.80. The summed E-state index contributed by atoms with van der Waals surface area (Å²) in [4.78, 5) is 28.4. The van der Waals surface area contributed by atoms with E-state index in [9.17, 15) is 4.79 Å². The number of para-hydroxylation sites is 2. The van der Waals surface area contributed by atoms with Crippen molar-refractivity contribution in [2.24, 2.45) is 0 Å². The Morgan fingerprint density at radius 3 is 2.62 bits per heavy atom. The number of likely N-dealkylation sites (tertiary alicyclic amines) is 1. The monoisotopic (exact) mass is 456 g/mol. The van der Waals surface area contributed by atoms with Crippen molar-refractivity contribution in [3.05, 3.63) is 84.7 Å². The first-order valence-corrected chi connectivity index (χ1v) is 11.1. The molecule has 4 aromatic rings. The van der Waals surface area contributed by atoms with Gasteiger partial charge in [0, 0.05) is 50.0 Å². The highest BCUT2D eigenvalue weighted by Gasteiger charge is 2.29. The highest BCUT2D eigenvalue weighted by Crippen LogP contribution is 2.36. The van der Waals surface area contributed by atoms with E-state index < -0.39 is 0 Å². The van der Waals surface area contributed by atoms with Gasteiger partial charge in [0.1, 0.15) is 5.69 Å². The van der Waals surface area contributed by atoms with Gasteiger partial charge in [0.25, 0.3) is 5.91 Å². The van der Waals surface area contributed by atoms with Crippen molar-refractivity contribution in [3.8, 4) is 23.2 Å². The van der Waals surface area contributed by atoms with Crippen LogP contribution < -0.4 is 9.47 Å². The van der Waals surface area contributed by atoms with Crippen LogP contribution in [-0.2, 0) is 0 Å². The zero-order valence-corrected chi connectivity index (χ0v) is 18.7. The lowest BCUT2D eigenvalue weighted by Gasteiger charge is -2.32. The fraction of sp³-hybridized carbons (Fsp3) is 0.240. The van der Waals surface area contributed by atoms with E-state index in [-0.39, 0.29) is 11.8 Å². The zero-order valence-electron chi connectivity index (χ0n) is 18.7. The molecule has 1 aliphatic heterocycles. The number of benzene rings is 1. The van der Waals surface area contributed by atoms with Crippen molar-refractivity contribution < 1.29 is 14.3 Å². The lowest BCUT2D eigenvalue weighted by atomic mass is 9.94. The van der Waals surface area contributed by atoms with Gasteiger partial charge >= 0.3 is 0 Å². The Morgan fingerprint density at radius 2 is 1.85 bits per heavy atom. The molecule has 0 N–H and O–H groups in total. The smallest absolute Gasteiger partial charge is 0.255 e. The van der Waals surface area contributed by atoms with Crippen LogP contribution in [0.1, 0.15) is 34.8 Å². The number of rotatable bonds is 6. The molecule has 1 amide bonds. The second-order valence-electron chi connectivity index (χ2n) is 7.95. The highest BCUT2D eigenvalue weighted by molar-refractivity contribution is 5.94. The van der Waals surface area contributed by atoms with Gasteiger partial charge in [-0.2, -0.15) is 5.10 Å². The number of pyridine rings is 1. The molecule has 1 saturated heterocycles. The van der Waals surface area contributed by atoms with Gasteiger partial charge in [-0.3, -0.25) is 9.78 Å². The van der Waals surface area contributed by atoms with E-state index in [0.29, 0.717) is 41.8 Å². The molecule has 172 valence electrons. The molecule has 0 bridgehead atoms. The number of carbonyl (C=O) groups is 1. The molecule has 5 rings (SSSR count). The van der Waals surface area contributed by atoms with E-state index >= 15 is 0 Å². The zero-order chi connectivity index (χ0) is 23.3. The summed E-state index contributed by atoms with van der Waals surface area (Å²) < 4.78 is 13.1. The van der Waals surface area contributed by atoms with Gasteiger partial charge in [-0.05, 0) is 43.2 Å². The summed E-state index contributed by atoms with van der Waals surface area (Å²) in [7, 11) is 1.60. The fourth-order valence-corrected chi connectivity index (χ4v) is 4.12. The van der Waals surface area contributed by atoms with E-state index in [2.05, 4.69) is 20.1 Å². The largest absolute Gasteiger partial charge is 0.493 e. The molecule has 1 atom stereocenters. The minimum atomic E-state index is -0.0553. The third-order valence-corrected chi connectivity index (χ3v) is 5.80. The molecule has 9 nitrogen and oxygen atoms in total. The molecule has 9 heteroatoms. The van der Waals surface area contributed by atoms with Gasteiger partial charge in [-0.15, -0.1) is 0 Å². The SMILES string of the molecule is COc1ccccc1Oc1nccnc1C1CCCN(C(=O)c2ccc(-n3cccn3)nc2)C1. The Labute approximate surface area is 197 Å². The Morgan fingerprint density at radius 1 is 1.00 bits per heavy atom. The second kappa shape index (κ2) is 9.70. The van der Waals surface area contributed by atoms with Gasteiger partial charge < -0.3 is 14.4 Å². The van der Waals surface area contributed by atoms with E-state index in [1.807, 2.05) is 41.4 Å². The van der Waals surface area contributed by atoms with Crippen molar-refractivity contribution in [3.63, 3.8) is 0 Å². The Hall–Kier alpha value is -4.27. The summed E-state index contributed by atoms with van der Waals surface area (Å²) in [5.74, 6) is 2.23. The van der Waals surface area contributed by atoms with Crippen LogP contribution in [0.4, 0.5) is 0 Å². The number of piperidine rings is 1. The van der Waals surface area contributed by atoms with Crippen LogP contribution in [0.3, 0.4) is 0 Å². The standard InChI is InChI=1S/C25H24N6O3/c1-33-20-7-2-3-8-21(20)34-24-23(26-12-13-27-24)19-6-4-14-30(17-19)25(32)18-9-10-22(28-16-18)31-15-5-11-29-31/h2-3,5,7-13,15-16,19H,4,6,14,17H2,1H3. The van der Waals surface area contributed by atoms with Crippen LogP contribution >= 0.6 is 0 Å². The molecule has 0 spiro atoms. The third kappa shape index (κ3) is 4.45. The van der Waals surface area contributed by atoms with Crippen LogP contribution in [0.25, 0.3) is 5.82 Å². The summed E-state index contributed by atoms with van der Waals surface area (Å²) >= 11 is 0. The first-order valence-electron chi connectivity index (χ1n) is 11.1. The van der Waals surface area contributed by atoms with Gasteiger partial charge in [-0.25, -0.2) is 14.6 Å². The number of aromatic nitrogens is 5. The second-order valence-corrected chi connectivity index (χ2v) is 7.95. The summed E-state index contributed by atoms with van der Waals surface area (Å²) in [5, 5.41) is 4.17. The quantitative estimate of drug-likeness (QED) is 0.434. The summed E-state index contributed by atoms with van der Waals surface area (Å²) in [6, 6.07) is 12.8. The van der Waals surface area contributed by atoms with E-state index in [0.717, 1.165) is 18.5 Å². The summed E-state index contributed by atoms with van der Waals surface area (Å²) in [5.41, 5.74) is 1.28. The molecule has 4 heterocycles. The number of hydrogen-bond donors (Lipinski definition) is 0. The van der Waals surface area contributed by atoms with E-state index in [1.54, 1.807) is 48.7 Å². The first kappa shape index (κ1) is 21.6. The van der Waals surface area contributed by atoms with Gasteiger partial charge in [0.05, 0.1) is 12.7 Å². The molecule has 1 fully saturated rings. The van der Waals surface area contributed by atoms with Crippen molar-refractivity contribution in [1.29, 1.82) is 0 Å².